The maximum absolute atomic E-state index is 13.4. The van der Waals surface area contributed by atoms with E-state index < -0.39 is 11.7 Å². The molecule has 5 N–H and O–H groups in total. The number of hydrogen-bond acceptors (Lipinski definition) is 6. The monoisotopic (exact) mass is 319 g/mol. The molecule has 0 atom stereocenters. The third kappa shape index (κ3) is 4.36. The van der Waals surface area contributed by atoms with Crippen LogP contribution in [0, 0.1) is 5.82 Å². The fourth-order valence-electron chi connectivity index (χ4n) is 1.84. The summed E-state index contributed by atoms with van der Waals surface area (Å²) in [5.74, 6) is -0.878. The first-order valence-corrected chi connectivity index (χ1v) is 7.11. The third-order valence-electron chi connectivity index (χ3n) is 3.04. The van der Waals surface area contributed by atoms with Crippen LogP contribution in [0.3, 0.4) is 0 Å². The molecule has 0 saturated heterocycles. The fraction of sp³-hybridized carbons (Fsp3) is 0.267. The summed E-state index contributed by atoms with van der Waals surface area (Å²) in [6.45, 7) is 1.05. The minimum absolute atomic E-state index is 0.192. The van der Waals surface area contributed by atoms with Crippen molar-refractivity contribution in [1.82, 2.24) is 9.97 Å². The molecule has 0 saturated carbocycles. The largest absolute Gasteiger partial charge is 0.491 e. The van der Waals surface area contributed by atoms with Gasteiger partial charge in [0.25, 0.3) is 5.91 Å². The van der Waals surface area contributed by atoms with E-state index in [0.29, 0.717) is 24.6 Å². The third-order valence-corrected chi connectivity index (χ3v) is 3.04. The minimum atomic E-state index is -0.699. The van der Waals surface area contributed by atoms with Crippen LogP contribution in [0.15, 0.2) is 30.7 Å². The first kappa shape index (κ1) is 16.6. The number of nitrogens with zero attached hydrogens (tertiary/aromatic N) is 2. The van der Waals surface area contributed by atoms with E-state index in [-0.39, 0.29) is 11.4 Å². The van der Waals surface area contributed by atoms with Gasteiger partial charge in [0, 0.05) is 18.5 Å². The maximum Gasteiger partial charge on any atom is 0.276 e. The van der Waals surface area contributed by atoms with Gasteiger partial charge in [-0.3, -0.25) is 9.78 Å². The number of nitrogen functional groups attached to an aromatic ring is 1. The lowest BCUT2D eigenvalue weighted by Crippen LogP contribution is -2.17. The van der Waals surface area contributed by atoms with Crippen molar-refractivity contribution in [1.29, 1.82) is 0 Å². The predicted molar refractivity (Wildman–Crippen MR) is 84.6 cm³/mol. The smallest absolute Gasteiger partial charge is 0.276 e. The number of amides is 1. The predicted octanol–water partition coefficient (Wildman–Crippen LogP) is 1.57. The maximum atomic E-state index is 13.4. The number of unbranched alkanes of at least 4 members (excludes halogenated alkanes) is 1. The van der Waals surface area contributed by atoms with Crippen molar-refractivity contribution in [3.63, 3.8) is 0 Å². The molecular formula is C15H18FN5O2. The summed E-state index contributed by atoms with van der Waals surface area (Å²) in [5, 5.41) is 2.58. The number of ether oxygens (including phenoxy) is 1. The zero-order valence-electron chi connectivity index (χ0n) is 12.5. The highest BCUT2D eigenvalue weighted by atomic mass is 19.1. The molecule has 0 fully saturated rings. The van der Waals surface area contributed by atoms with Gasteiger partial charge in [-0.05, 0) is 25.5 Å². The molecule has 0 bridgehead atoms. The normalized spacial score (nSPS) is 10.3. The van der Waals surface area contributed by atoms with Crippen LogP contribution in [-0.4, -0.2) is 29.0 Å². The van der Waals surface area contributed by atoms with E-state index in [1.807, 2.05) is 0 Å². The number of nitrogens with two attached hydrogens (primary N) is 2. The first-order chi connectivity index (χ1) is 11.1. The highest BCUT2D eigenvalue weighted by molar-refractivity contribution is 6.06. The van der Waals surface area contributed by atoms with Crippen molar-refractivity contribution in [3.8, 4) is 5.75 Å². The Balaban J connectivity index is 2.10. The Morgan fingerprint density at radius 3 is 2.91 bits per heavy atom. The molecule has 2 rings (SSSR count). The van der Waals surface area contributed by atoms with E-state index in [2.05, 4.69) is 15.3 Å². The zero-order chi connectivity index (χ0) is 16.7. The van der Waals surface area contributed by atoms with Crippen LogP contribution in [-0.2, 0) is 0 Å². The Hall–Kier alpha value is -2.74. The molecule has 0 aliphatic carbocycles. The van der Waals surface area contributed by atoms with Gasteiger partial charge in [-0.2, -0.15) is 0 Å². The molecular weight excluding hydrogens is 301 g/mol. The molecule has 7 nitrogen and oxygen atoms in total. The molecule has 0 aromatic carbocycles. The molecule has 0 spiro atoms. The number of hydrogen-bond donors (Lipinski definition) is 3. The summed E-state index contributed by atoms with van der Waals surface area (Å²) in [6, 6.07) is 2.71. The average Bonchev–Trinajstić information content (AvgIpc) is 2.55. The number of carbonyl (C=O) groups excluding carboxylic acids is 1. The van der Waals surface area contributed by atoms with Crippen LogP contribution in [0.2, 0.25) is 0 Å². The fourth-order valence-corrected chi connectivity index (χ4v) is 1.84. The van der Waals surface area contributed by atoms with Gasteiger partial charge in [-0.1, -0.05) is 0 Å². The van der Waals surface area contributed by atoms with Gasteiger partial charge in [0.15, 0.2) is 5.69 Å². The van der Waals surface area contributed by atoms with Crippen LogP contribution >= 0.6 is 0 Å². The van der Waals surface area contributed by atoms with Crippen molar-refractivity contribution >= 4 is 17.3 Å². The number of aromatic nitrogens is 2. The van der Waals surface area contributed by atoms with Gasteiger partial charge in [-0.25, -0.2) is 9.37 Å². The summed E-state index contributed by atoms with van der Waals surface area (Å²) in [4.78, 5) is 19.9. The Bertz CT molecular complexity index is 681. The van der Waals surface area contributed by atoms with Crippen molar-refractivity contribution in [2.45, 2.75) is 12.8 Å². The van der Waals surface area contributed by atoms with Crippen LogP contribution in [0.4, 0.5) is 15.8 Å². The lowest BCUT2D eigenvalue weighted by Gasteiger charge is -2.12. The Morgan fingerprint density at radius 2 is 2.13 bits per heavy atom. The van der Waals surface area contributed by atoms with Crippen molar-refractivity contribution < 1.29 is 13.9 Å². The van der Waals surface area contributed by atoms with E-state index >= 15 is 0 Å². The topological polar surface area (TPSA) is 116 Å². The molecule has 1 amide bonds. The van der Waals surface area contributed by atoms with Crippen LogP contribution in [0.5, 0.6) is 5.75 Å². The number of nitrogens with one attached hydrogen (secondary N) is 1. The Labute approximate surface area is 132 Å². The standard InChI is InChI=1S/C15H18FN5O2/c16-10-3-7-20-14(13(10)18)15(22)21-11-9-19-6-4-12(11)23-8-2-1-5-17/h3-4,6-7,9H,1-2,5,8,17-18H2,(H,21,22). The molecule has 2 heterocycles. The lowest BCUT2D eigenvalue weighted by atomic mass is 10.2. The molecule has 23 heavy (non-hydrogen) atoms. The summed E-state index contributed by atoms with van der Waals surface area (Å²) >= 11 is 0. The van der Waals surface area contributed by atoms with Gasteiger partial charge >= 0.3 is 0 Å². The molecule has 0 radical (unpaired) electrons. The second-order valence-corrected chi connectivity index (χ2v) is 4.73. The van der Waals surface area contributed by atoms with E-state index in [4.69, 9.17) is 16.2 Å². The molecule has 0 aliphatic heterocycles. The number of anilines is 2. The second-order valence-electron chi connectivity index (χ2n) is 4.73. The lowest BCUT2D eigenvalue weighted by molar-refractivity contribution is 0.102. The quantitative estimate of drug-likeness (QED) is 0.667. The van der Waals surface area contributed by atoms with E-state index in [0.717, 1.165) is 18.9 Å². The number of carbonyl (C=O) groups is 1. The molecule has 122 valence electrons. The summed E-state index contributed by atoms with van der Waals surface area (Å²) in [7, 11) is 0. The van der Waals surface area contributed by atoms with Crippen LogP contribution in [0.1, 0.15) is 23.3 Å². The van der Waals surface area contributed by atoms with Crippen LogP contribution < -0.4 is 21.5 Å². The number of halogens is 1. The van der Waals surface area contributed by atoms with Gasteiger partial charge < -0.3 is 21.5 Å². The van der Waals surface area contributed by atoms with Crippen molar-refractivity contribution in [2.24, 2.45) is 5.73 Å². The van der Waals surface area contributed by atoms with E-state index in [1.165, 1.54) is 12.4 Å². The first-order valence-electron chi connectivity index (χ1n) is 7.11. The van der Waals surface area contributed by atoms with Gasteiger partial charge in [0.1, 0.15) is 17.3 Å². The molecule has 2 aromatic heterocycles. The second kappa shape index (κ2) is 8.04. The number of pyridine rings is 2. The van der Waals surface area contributed by atoms with Crippen molar-refractivity contribution in [3.05, 3.63) is 42.2 Å². The molecule has 0 aliphatic rings. The van der Waals surface area contributed by atoms with E-state index in [1.54, 1.807) is 12.3 Å². The number of rotatable bonds is 7. The van der Waals surface area contributed by atoms with Crippen LogP contribution in [0.25, 0.3) is 0 Å². The average molecular weight is 319 g/mol. The molecule has 2 aromatic rings. The Morgan fingerprint density at radius 1 is 1.30 bits per heavy atom. The van der Waals surface area contributed by atoms with E-state index in [9.17, 15) is 9.18 Å². The highest BCUT2D eigenvalue weighted by Gasteiger charge is 2.16. The summed E-state index contributed by atoms with van der Waals surface area (Å²) in [6.07, 6.45) is 5.80. The van der Waals surface area contributed by atoms with Gasteiger partial charge in [-0.15, -0.1) is 0 Å². The SMILES string of the molecule is NCCCCOc1ccncc1NC(=O)c1nccc(F)c1N. The zero-order valence-corrected chi connectivity index (χ0v) is 12.5. The highest BCUT2D eigenvalue weighted by Crippen LogP contribution is 2.24. The van der Waals surface area contributed by atoms with Crippen molar-refractivity contribution in [2.75, 3.05) is 24.2 Å². The molecule has 0 unspecified atom stereocenters. The van der Waals surface area contributed by atoms with Gasteiger partial charge in [0.05, 0.1) is 18.5 Å². The molecule has 8 heteroatoms. The minimum Gasteiger partial charge on any atom is -0.491 e. The Kier molecular flexibility index (Phi) is 5.81. The summed E-state index contributed by atoms with van der Waals surface area (Å²) < 4.78 is 19.0. The van der Waals surface area contributed by atoms with Gasteiger partial charge in [0.2, 0.25) is 0 Å². The summed E-state index contributed by atoms with van der Waals surface area (Å²) in [5.41, 5.74) is 10.8.